The van der Waals surface area contributed by atoms with Gasteiger partial charge in [-0.15, -0.1) is 0 Å². The van der Waals surface area contributed by atoms with Crippen molar-refractivity contribution in [3.63, 3.8) is 0 Å². The molecule has 3 aromatic rings. The lowest BCUT2D eigenvalue weighted by atomic mass is 9.66. The third-order valence-corrected chi connectivity index (χ3v) is 7.26. The first-order valence-corrected chi connectivity index (χ1v) is 11.5. The number of benzene rings is 2. The second-order valence-electron chi connectivity index (χ2n) is 9.34. The Morgan fingerprint density at radius 2 is 1.74 bits per heavy atom. The van der Waals surface area contributed by atoms with Gasteiger partial charge in [-0.3, -0.25) is 4.90 Å². The minimum atomic E-state index is -0.734. The molecule has 2 aromatic carbocycles. The minimum Gasteiger partial charge on any atom is -0.385 e. The number of para-hydroxylation sites is 1. The van der Waals surface area contributed by atoms with E-state index < -0.39 is 5.60 Å². The lowest BCUT2D eigenvalue weighted by Crippen LogP contribution is -2.57. The summed E-state index contributed by atoms with van der Waals surface area (Å²) < 4.78 is 0. The van der Waals surface area contributed by atoms with Crippen molar-refractivity contribution in [2.24, 2.45) is 5.92 Å². The SMILES string of the molecule is CN(C)c1nc(CN2CC[C@@](O)(c3ccccc3)[C@H]3CCCC[C@@H]32)nc2ccccc12. The molecule has 1 aromatic heterocycles. The predicted octanol–water partition coefficient (Wildman–Crippen LogP) is 4.35. The van der Waals surface area contributed by atoms with Crippen LogP contribution in [0.4, 0.5) is 5.82 Å². The molecule has 2 heterocycles. The fraction of sp³-hybridized carbons (Fsp3) is 0.462. The summed E-state index contributed by atoms with van der Waals surface area (Å²) in [5, 5.41) is 12.9. The average Bonchev–Trinajstić information content (AvgIpc) is 2.81. The quantitative estimate of drug-likeness (QED) is 0.685. The van der Waals surface area contributed by atoms with Gasteiger partial charge in [0.05, 0.1) is 17.7 Å². The van der Waals surface area contributed by atoms with Gasteiger partial charge in [0.1, 0.15) is 11.6 Å². The van der Waals surface area contributed by atoms with Crippen LogP contribution in [0.3, 0.4) is 0 Å². The summed E-state index contributed by atoms with van der Waals surface area (Å²) in [6.07, 6.45) is 5.39. The van der Waals surface area contributed by atoms with Gasteiger partial charge in [0.2, 0.25) is 0 Å². The van der Waals surface area contributed by atoms with E-state index in [4.69, 9.17) is 9.97 Å². The van der Waals surface area contributed by atoms with Crippen LogP contribution in [0, 0.1) is 5.92 Å². The van der Waals surface area contributed by atoms with Gasteiger partial charge >= 0.3 is 0 Å². The maximum Gasteiger partial charge on any atom is 0.145 e. The molecule has 0 radical (unpaired) electrons. The van der Waals surface area contributed by atoms with Gasteiger partial charge < -0.3 is 10.0 Å². The van der Waals surface area contributed by atoms with Crippen LogP contribution in [0.25, 0.3) is 10.9 Å². The molecule has 2 aliphatic rings. The Balaban J connectivity index is 1.46. The van der Waals surface area contributed by atoms with Crippen LogP contribution in [0.1, 0.15) is 43.5 Å². The molecule has 0 amide bonds. The van der Waals surface area contributed by atoms with E-state index in [9.17, 15) is 5.11 Å². The molecule has 162 valence electrons. The van der Waals surface area contributed by atoms with E-state index in [1.165, 1.54) is 12.8 Å². The maximum absolute atomic E-state index is 11.8. The van der Waals surface area contributed by atoms with Crippen LogP contribution in [-0.2, 0) is 12.1 Å². The standard InChI is InChI=1S/C26H32N4O/c1-29(2)25-20-12-6-8-14-22(20)27-24(28-25)18-30-17-16-26(31,19-10-4-3-5-11-19)21-13-7-9-15-23(21)30/h3-6,8,10-12,14,21,23,31H,7,9,13,15-18H2,1-2H3/t21-,23-,26+/m0/s1. The molecule has 5 nitrogen and oxygen atoms in total. The number of hydrogen-bond acceptors (Lipinski definition) is 5. The van der Waals surface area contributed by atoms with Crippen molar-refractivity contribution in [3.8, 4) is 0 Å². The van der Waals surface area contributed by atoms with Gasteiger partial charge in [-0.1, -0.05) is 55.3 Å². The molecule has 3 atom stereocenters. The van der Waals surface area contributed by atoms with E-state index in [2.05, 4.69) is 34.1 Å². The Kier molecular flexibility index (Phi) is 5.40. The summed E-state index contributed by atoms with van der Waals surface area (Å²) in [6.45, 7) is 1.59. The molecule has 2 fully saturated rings. The lowest BCUT2D eigenvalue weighted by Gasteiger charge is -2.52. The fourth-order valence-corrected chi connectivity index (χ4v) is 5.75. The van der Waals surface area contributed by atoms with Gasteiger partial charge in [0.25, 0.3) is 0 Å². The summed E-state index contributed by atoms with van der Waals surface area (Å²) in [7, 11) is 4.08. The minimum absolute atomic E-state index is 0.256. The third kappa shape index (κ3) is 3.70. The molecule has 0 bridgehead atoms. The Morgan fingerprint density at radius 3 is 2.55 bits per heavy atom. The molecule has 0 spiro atoms. The van der Waals surface area contributed by atoms with Crippen molar-refractivity contribution in [2.45, 2.75) is 50.3 Å². The summed E-state index contributed by atoms with van der Waals surface area (Å²) in [4.78, 5) is 14.4. The van der Waals surface area contributed by atoms with Crippen molar-refractivity contribution in [2.75, 3.05) is 25.5 Å². The highest BCUT2D eigenvalue weighted by molar-refractivity contribution is 5.89. The number of piperidine rings is 1. The van der Waals surface area contributed by atoms with Crippen molar-refractivity contribution >= 4 is 16.7 Å². The highest BCUT2D eigenvalue weighted by Gasteiger charge is 2.49. The number of likely N-dealkylation sites (tertiary alicyclic amines) is 1. The second kappa shape index (κ2) is 8.21. The molecular weight excluding hydrogens is 384 g/mol. The van der Waals surface area contributed by atoms with Crippen LogP contribution in [0.5, 0.6) is 0 Å². The molecule has 0 unspecified atom stereocenters. The smallest absolute Gasteiger partial charge is 0.145 e. The number of nitrogens with zero attached hydrogens (tertiary/aromatic N) is 4. The largest absolute Gasteiger partial charge is 0.385 e. The summed E-state index contributed by atoms with van der Waals surface area (Å²) in [6, 6.07) is 18.9. The van der Waals surface area contributed by atoms with Gasteiger partial charge in [0, 0.05) is 38.0 Å². The van der Waals surface area contributed by atoms with Crippen molar-refractivity contribution in [3.05, 3.63) is 66.0 Å². The molecule has 1 N–H and O–H groups in total. The highest BCUT2D eigenvalue weighted by Crippen LogP contribution is 2.47. The van der Waals surface area contributed by atoms with E-state index in [0.717, 1.165) is 60.5 Å². The zero-order valence-corrected chi connectivity index (χ0v) is 18.5. The van der Waals surface area contributed by atoms with Crippen molar-refractivity contribution < 1.29 is 5.11 Å². The first kappa shape index (κ1) is 20.4. The molecule has 5 heteroatoms. The molecule has 1 aliphatic heterocycles. The van der Waals surface area contributed by atoms with E-state index in [-0.39, 0.29) is 5.92 Å². The molecule has 1 saturated carbocycles. The number of aliphatic hydroxyl groups is 1. The predicted molar refractivity (Wildman–Crippen MR) is 125 cm³/mol. The first-order chi connectivity index (χ1) is 15.1. The number of hydrogen-bond donors (Lipinski definition) is 1. The van der Waals surface area contributed by atoms with E-state index >= 15 is 0 Å². The Labute approximate surface area is 184 Å². The van der Waals surface area contributed by atoms with Crippen LogP contribution in [0.15, 0.2) is 54.6 Å². The summed E-state index contributed by atoms with van der Waals surface area (Å²) in [5.41, 5.74) is 1.33. The van der Waals surface area contributed by atoms with Gasteiger partial charge in [0.15, 0.2) is 0 Å². The highest BCUT2D eigenvalue weighted by atomic mass is 16.3. The zero-order chi connectivity index (χ0) is 21.4. The number of fused-ring (bicyclic) bond motifs is 2. The van der Waals surface area contributed by atoms with Gasteiger partial charge in [-0.25, -0.2) is 9.97 Å². The summed E-state index contributed by atoms with van der Waals surface area (Å²) in [5.74, 6) is 2.10. The van der Waals surface area contributed by atoms with Crippen LogP contribution in [-0.4, -0.2) is 46.7 Å². The van der Waals surface area contributed by atoms with Gasteiger partial charge in [-0.2, -0.15) is 0 Å². The normalized spacial score (nSPS) is 26.5. The molecule has 5 rings (SSSR count). The topological polar surface area (TPSA) is 52.5 Å². The Bertz CT molecular complexity index is 1050. The van der Waals surface area contributed by atoms with Crippen LogP contribution < -0.4 is 4.90 Å². The second-order valence-corrected chi connectivity index (χ2v) is 9.34. The monoisotopic (exact) mass is 416 g/mol. The average molecular weight is 417 g/mol. The van der Waals surface area contributed by atoms with Crippen molar-refractivity contribution in [1.29, 1.82) is 0 Å². The number of rotatable bonds is 4. The molecule has 1 aliphatic carbocycles. The number of anilines is 1. The zero-order valence-electron chi connectivity index (χ0n) is 18.5. The lowest BCUT2D eigenvalue weighted by molar-refractivity contribution is -0.123. The molecular formula is C26H32N4O. The van der Waals surface area contributed by atoms with E-state index in [1.807, 2.05) is 44.4 Å². The summed E-state index contributed by atoms with van der Waals surface area (Å²) >= 11 is 0. The van der Waals surface area contributed by atoms with Crippen LogP contribution in [0.2, 0.25) is 0 Å². The van der Waals surface area contributed by atoms with Crippen LogP contribution >= 0.6 is 0 Å². The van der Waals surface area contributed by atoms with E-state index in [1.54, 1.807) is 0 Å². The number of aromatic nitrogens is 2. The first-order valence-electron chi connectivity index (χ1n) is 11.5. The maximum atomic E-state index is 11.8. The van der Waals surface area contributed by atoms with E-state index in [0.29, 0.717) is 6.04 Å². The molecule has 1 saturated heterocycles. The fourth-order valence-electron chi connectivity index (χ4n) is 5.75. The Hall–Kier alpha value is -2.50. The van der Waals surface area contributed by atoms with Crippen molar-refractivity contribution in [1.82, 2.24) is 14.9 Å². The Morgan fingerprint density at radius 1 is 1.00 bits per heavy atom. The third-order valence-electron chi connectivity index (χ3n) is 7.26. The van der Waals surface area contributed by atoms with Gasteiger partial charge in [-0.05, 0) is 37.0 Å². The molecule has 31 heavy (non-hydrogen) atoms.